The van der Waals surface area contributed by atoms with Gasteiger partial charge < -0.3 is 20.1 Å². The third kappa shape index (κ3) is 1.87. The number of phenolic OH excluding ortho intramolecular Hbond substituents is 1. The number of nitrogen functional groups attached to an aromatic ring is 1. The molecule has 0 aliphatic carbocycles. The molecule has 1 aliphatic heterocycles. The molecule has 4 nitrogen and oxygen atoms in total. The Morgan fingerprint density at radius 3 is 2.11 bits per heavy atom. The highest BCUT2D eigenvalue weighted by Gasteiger charge is 2.52. The van der Waals surface area contributed by atoms with Gasteiger partial charge in [-0.3, -0.25) is 0 Å². The van der Waals surface area contributed by atoms with E-state index in [0.29, 0.717) is 5.69 Å². The monoisotopic (exact) mass is 249 g/mol. The Morgan fingerprint density at radius 1 is 1.11 bits per heavy atom. The van der Waals surface area contributed by atoms with Crippen molar-refractivity contribution in [2.45, 2.75) is 45.8 Å². The van der Waals surface area contributed by atoms with Gasteiger partial charge in [0.15, 0.2) is 0 Å². The highest BCUT2D eigenvalue weighted by Crippen LogP contribution is 2.37. The summed E-state index contributed by atoms with van der Waals surface area (Å²) in [6.07, 6.45) is 0. The van der Waals surface area contributed by atoms with Crippen molar-refractivity contribution >= 4 is 18.3 Å². The van der Waals surface area contributed by atoms with Crippen molar-refractivity contribution in [2.75, 3.05) is 5.73 Å². The van der Waals surface area contributed by atoms with Gasteiger partial charge in [-0.25, -0.2) is 0 Å². The number of phenols is 1. The van der Waals surface area contributed by atoms with Gasteiger partial charge in [0.1, 0.15) is 5.75 Å². The lowest BCUT2D eigenvalue weighted by Gasteiger charge is -2.32. The van der Waals surface area contributed by atoms with Crippen LogP contribution in [0.5, 0.6) is 5.75 Å². The van der Waals surface area contributed by atoms with E-state index in [0.717, 1.165) is 11.0 Å². The molecule has 0 atom stereocenters. The molecule has 98 valence electrons. The zero-order chi connectivity index (χ0) is 13.7. The van der Waals surface area contributed by atoms with Crippen molar-refractivity contribution in [3.8, 4) is 5.75 Å². The van der Waals surface area contributed by atoms with E-state index in [-0.39, 0.29) is 17.0 Å². The van der Waals surface area contributed by atoms with Crippen LogP contribution in [0.3, 0.4) is 0 Å². The molecule has 1 heterocycles. The lowest BCUT2D eigenvalue weighted by Crippen LogP contribution is -2.41. The Morgan fingerprint density at radius 2 is 1.61 bits per heavy atom. The summed E-state index contributed by atoms with van der Waals surface area (Å²) < 4.78 is 11.9. The fourth-order valence-electron chi connectivity index (χ4n) is 1.96. The van der Waals surface area contributed by atoms with Crippen molar-refractivity contribution in [3.63, 3.8) is 0 Å². The Balaban J connectivity index is 2.39. The SMILES string of the molecule is Cc1c(B2OC(C)(C)C(C)(C)O2)ccc(O)c1N. The van der Waals surface area contributed by atoms with Crippen LogP contribution in [0.25, 0.3) is 0 Å². The van der Waals surface area contributed by atoms with E-state index in [2.05, 4.69) is 0 Å². The Kier molecular flexibility index (Phi) is 2.87. The average molecular weight is 249 g/mol. The van der Waals surface area contributed by atoms with E-state index >= 15 is 0 Å². The normalized spacial score (nSPS) is 21.3. The van der Waals surface area contributed by atoms with Crippen LogP contribution in [-0.4, -0.2) is 23.4 Å². The number of benzene rings is 1. The van der Waals surface area contributed by atoms with Gasteiger partial charge in [0.25, 0.3) is 0 Å². The fourth-order valence-corrected chi connectivity index (χ4v) is 1.96. The molecule has 0 bridgehead atoms. The summed E-state index contributed by atoms with van der Waals surface area (Å²) in [6.45, 7) is 9.88. The summed E-state index contributed by atoms with van der Waals surface area (Å²) in [7, 11) is -0.446. The number of rotatable bonds is 1. The van der Waals surface area contributed by atoms with Crippen molar-refractivity contribution < 1.29 is 14.4 Å². The first kappa shape index (κ1) is 13.2. The maximum atomic E-state index is 9.57. The van der Waals surface area contributed by atoms with Crippen LogP contribution in [0.15, 0.2) is 12.1 Å². The predicted molar refractivity (Wildman–Crippen MR) is 73.0 cm³/mol. The summed E-state index contributed by atoms with van der Waals surface area (Å²) >= 11 is 0. The van der Waals surface area contributed by atoms with E-state index < -0.39 is 7.12 Å². The third-order valence-corrected chi connectivity index (χ3v) is 4.04. The molecule has 0 radical (unpaired) electrons. The van der Waals surface area contributed by atoms with Crippen LogP contribution in [0.2, 0.25) is 0 Å². The van der Waals surface area contributed by atoms with Crippen molar-refractivity contribution in [3.05, 3.63) is 17.7 Å². The molecule has 5 heteroatoms. The molecule has 1 saturated heterocycles. The molecule has 0 saturated carbocycles. The van der Waals surface area contributed by atoms with Crippen LogP contribution >= 0.6 is 0 Å². The molecular weight excluding hydrogens is 229 g/mol. The number of hydrogen-bond acceptors (Lipinski definition) is 4. The molecule has 3 N–H and O–H groups in total. The van der Waals surface area contributed by atoms with Gasteiger partial charge in [-0.05, 0) is 51.7 Å². The molecule has 0 aromatic heterocycles. The van der Waals surface area contributed by atoms with Gasteiger partial charge in [-0.2, -0.15) is 0 Å². The second-order valence-corrected chi connectivity index (χ2v) is 5.80. The van der Waals surface area contributed by atoms with Gasteiger partial charge in [0, 0.05) is 0 Å². The van der Waals surface area contributed by atoms with E-state index in [4.69, 9.17) is 15.0 Å². The van der Waals surface area contributed by atoms with Gasteiger partial charge in [0.05, 0.1) is 16.9 Å². The van der Waals surface area contributed by atoms with Crippen molar-refractivity contribution in [1.29, 1.82) is 0 Å². The Hall–Kier alpha value is -1.20. The van der Waals surface area contributed by atoms with E-state index in [1.807, 2.05) is 34.6 Å². The minimum atomic E-state index is -0.446. The summed E-state index contributed by atoms with van der Waals surface area (Å²) in [5.41, 5.74) is 7.11. The summed E-state index contributed by atoms with van der Waals surface area (Å²) in [4.78, 5) is 0. The number of hydrogen-bond donors (Lipinski definition) is 2. The maximum Gasteiger partial charge on any atom is 0.495 e. The van der Waals surface area contributed by atoms with Crippen LogP contribution < -0.4 is 11.2 Å². The molecule has 2 rings (SSSR count). The second-order valence-electron chi connectivity index (χ2n) is 5.80. The lowest BCUT2D eigenvalue weighted by atomic mass is 9.75. The standard InChI is InChI=1S/C13H20BNO3/c1-8-9(6-7-10(16)11(8)15)14-17-12(2,3)13(4,5)18-14/h6-7,16H,15H2,1-5H3. The van der Waals surface area contributed by atoms with Crippen LogP contribution in [0.1, 0.15) is 33.3 Å². The average Bonchev–Trinajstić information content (AvgIpc) is 2.45. The van der Waals surface area contributed by atoms with Crippen LogP contribution in [0, 0.1) is 6.92 Å². The van der Waals surface area contributed by atoms with Gasteiger partial charge >= 0.3 is 7.12 Å². The van der Waals surface area contributed by atoms with Crippen LogP contribution in [0.4, 0.5) is 5.69 Å². The number of anilines is 1. The number of aromatic hydroxyl groups is 1. The topological polar surface area (TPSA) is 64.7 Å². The summed E-state index contributed by atoms with van der Waals surface area (Å²) in [5.74, 6) is 0.0905. The molecular formula is C13H20BNO3. The highest BCUT2D eigenvalue weighted by atomic mass is 16.7. The Labute approximate surface area is 108 Å². The quantitative estimate of drug-likeness (QED) is 0.450. The first-order valence-corrected chi connectivity index (χ1v) is 6.09. The molecule has 1 aromatic rings. The van der Waals surface area contributed by atoms with Gasteiger partial charge in [0.2, 0.25) is 0 Å². The largest absolute Gasteiger partial charge is 0.506 e. The smallest absolute Gasteiger partial charge is 0.495 e. The van der Waals surface area contributed by atoms with E-state index in [1.54, 1.807) is 12.1 Å². The third-order valence-electron chi connectivity index (χ3n) is 4.04. The summed E-state index contributed by atoms with van der Waals surface area (Å²) in [5, 5.41) is 9.57. The van der Waals surface area contributed by atoms with Gasteiger partial charge in [-0.1, -0.05) is 6.07 Å². The minimum Gasteiger partial charge on any atom is -0.506 e. The van der Waals surface area contributed by atoms with Gasteiger partial charge in [-0.15, -0.1) is 0 Å². The van der Waals surface area contributed by atoms with Crippen molar-refractivity contribution in [2.24, 2.45) is 0 Å². The molecule has 1 aromatic carbocycles. The first-order chi connectivity index (χ1) is 8.16. The maximum absolute atomic E-state index is 9.57. The molecule has 0 amide bonds. The van der Waals surface area contributed by atoms with Crippen molar-refractivity contribution in [1.82, 2.24) is 0 Å². The molecule has 0 spiro atoms. The predicted octanol–water partition coefficient (Wildman–Crippen LogP) is 1.58. The van der Waals surface area contributed by atoms with E-state index in [1.165, 1.54) is 0 Å². The van der Waals surface area contributed by atoms with E-state index in [9.17, 15) is 5.11 Å². The minimum absolute atomic E-state index is 0.0905. The second kappa shape index (κ2) is 3.90. The lowest BCUT2D eigenvalue weighted by molar-refractivity contribution is 0.00578. The molecule has 0 unspecified atom stereocenters. The summed E-state index contributed by atoms with van der Waals surface area (Å²) in [6, 6.07) is 3.37. The Bertz CT molecular complexity index is 469. The first-order valence-electron chi connectivity index (χ1n) is 6.09. The zero-order valence-electron chi connectivity index (χ0n) is 11.6. The molecule has 18 heavy (non-hydrogen) atoms. The van der Waals surface area contributed by atoms with Crippen LogP contribution in [-0.2, 0) is 9.31 Å². The molecule has 1 fully saturated rings. The zero-order valence-corrected chi connectivity index (χ0v) is 11.6. The number of nitrogens with two attached hydrogens (primary N) is 1. The fraction of sp³-hybridized carbons (Fsp3) is 0.538. The highest BCUT2D eigenvalue weighted by molar-refractivity contribution is 6.62. The molecule has 1 aliphatic rings.